The predicted molar refractivity (Wildman–Crippen MR) is 89.9 cm³/mol. The molecule has 7 heteroatoms. The maximum Gasteiger partial charge on any atom is 0.354 e. The number of hydrogen-bond donors (Lipinski definition) is 1. The molecule has 26 heavy (non-hydrogen) atoms. The molecule has 0 atom stereocenters. The van der Waals surface area contributed by atoms with Crippen LogP contribution in [0.2, 0.25) is 0 Å². The van der Waals surface area contributed by atoms with Gasteiger partial charge in [0.2, 0.25) is 0 Å². The van der Waals surface area contributed by atoms with Crippen LogP contribution in [-0.4, -0.2) is 40.0 Å². The average Bonchev–Trinajstić information content (AvgIpc) is 2.65. The topological polar surface area (TPSA) is 70.5 Å². The Labute approximate surface area is 149 Å². The number of carbonyl (C=O) groups excluding carboxylic acids is 1. The summed E-state index contributed by atoms with van der Waals surface area (Å²) in [5.74, 6) is -2.89. The lowest BCUT2D eigenvalue weighted by molar-refractivity contribution is 0.0680. The number of pyridine rings is 1. The van der Waals surface area contributed by atoms with Gasteiger partial charge in [-0.05, 0) is 55.0 Å². The summed E-state index contributed by atoms with van der Waals surface area (Å²) in [6, 6.07) is 8.27. The molecule has 0 aliphatic carbocycles. The second-order valence-electron chi connectivity index (χ2n) is 6.40. The second kappa shape index (κ2) is 7.59. The van der Waals surface area contributed by atoms with Gasteiger partial charge in [-0.1, -0.05) is 12.1 Å². The first-order valence-electron chi connectivity index (χ1n) is 8.37. The first-order chi connectivity index (χ1) is 12.4. The first-order valence-corrected chi connectivity index (χ1v) is 8.37. The van der Waals surface area contributed by atoms with E-state index in [0.717, 1.165) is 24.5 Å². The maximum atomic E-state index is 13.3. The number of aromatic nitrogens is 1. The number of nitrogens with zero attached hydrogens (tertiary/aromatic N) is 2. The Kier molecular flexibility index (Phi) is 5.25. The highest BCUT2D eigenvalue weighted by atomic mass is 19.2. The number of halogens is 2. The van der Waals surface area contributed by atoms with E-state index in [9.17, 15) is 18.4 Å². The van der Waals surface area contributed by atoms with Gasteiger partial charge >= 0.3 is 5.97 Å². The number of piperidine rings is 1. The minimum absolute atomic E-state index is 0.115. The Balaban J connectivity index is 1.59. The summed E-state index contributed by atoms with van der Waals surface area (Å²) in [6.07, 6.45) is 2.11. The van der Waals surface area contributed by atoms with E-state index >= 15 is 0 Å². The molecule has 1 fully saturated rings. The van der Waals surface area contributed by atoms with Gasteiger partial charge in [0.05, 0.1) is 0 Å². The van der Waals surface area contributed by atoms with Crippen LogP contribution in [0.4, 0.5) is 8.78 Å². The number of carboxylic acid groups (broad SMARTS) is 1. The van der Waals surface area contributed by atoms with Crippen molar-refractivity contribution in [3.63, 3.8) is 0 Å². The number of rotatable bonds is 4. The zero-order valence-corrected chi connectivity index (χ0v) is 14.0. The molecule has 1 aromatic carbocycles. The molecular formula is C19H18F2N2O3. The molecule has 0 unspecified atom stereocenters. The molecule has 0 radical (unpaired) electrons. The molecule has 136 valence electrons. The molecule has 0 saturated carbocycles. The van der Waals surface area contributed by atoms with Gasteiger partial charge in [0.15, 0.2) is 11.6 Å². The van der Waals surface area contributed by atoms with E-state index in [1.54, 1.807) is 11.0 Å². The van der Waals surface area contributed by atoms with Crippen molar-refractivity contribution in [2.45, 2.75) is 19.3 Å². The van der Waals surface area contributed by atoms with Crippen molar-refractivity contribution in [1.82, 2.24) is 9.88 Å². The summed E-state index contributed by atoms with van der Waals surface area (Å²) in [6.45, 7) is 1.04. The molecule has 5 nitrogen and oxygen atoms in total. The number of likely N-dealkylation sites (tertiary alicyclic amines) is 1. The highest BCUT2D eigenvalue weighted by Gasteiger charge is 2.25. The minimum Gasteiger partial charge on any atom is -0.477 e. The van der Waals surface area contributed by atoms with Crippen LogP contribution in [0, 0.1) is 17.6 Å². The van der Waals surface area contributed by atoms with Gasteiger partial charge < -0.3 is 10.0 Å². The lowest BCUT2D eigenvalue weighted by Crippen LogP contribution is -2.39. The SMILES string of the molecule is O=C(O)c1cccc(C(=O)N2CCC(Cc3ccc(F)c(F)c3)CC2)n1. The Bertz CT molecular complexity index is 833. The van der Waals surface area contributed by atoms with E-state index in [4.69, 9.17) is 5.11 Å². The zero-order valence-electron chi connectivity index (χ0n) is 14.0. The monoisotopic (exact) mass is 360 g/mol. The van der Waals surface area contributed by atoms with E-state index in [0.29, 0.717) is 19.5 Å². The van der Waals surface area contributed by atoms with Crippen molar-refractivity contribution in [1.29, 1.82) is 0 Å². The van der Waals surface area contributed by atoms with Crippen LogP contribution < -0.4 is 0 Å². The van der Waals surface area contributed by atoms with Crippen molar-refractivity contribution in [2.24, 2.45) is 5.92 Å². The smallest absolute Gasteiger partial charge is 0.354 e. The largest absolute Gasteiger partial charge is 0.477 e. The maximum absolute atomic E-state index is 13.3. The second-order valence-corrected chi connectivity index (χ2v) is 6.40. The van der Waals surface area contributed by atoms with Gasteiger partial charge in [-0.3, -0.25) is 4.79 Å². The molecule has 0 spiro atoms. The molecule has 1 aromatic heterocycles. The standard InChI is InChI=1S/C19H18F2N2O3/c20-14-5-4-13(11-15(14)21)10-12-6-8-23(9-7-12)18(24)16-2-1-3-17(22-16)19(25)26/h1-5,11-12H,6-10H2,(H,25,26). The fourth-order valence-electron chi connectivity index (χ4n) is 3.18. The molecule has 2 aromatic rings. The number of aromatic carboxylic acids is 1. The number of carboxylic acids is 1. The number of amides is 1. The van der Waals surface area contributed by atoms with Crippen molar-refractivity contribution < 1.29 is 23.5 Å². The molecule has 1 aliphatic rings. The van der Waals surface area contributed by atoms with Crippen molar-refractivity contribution in [2.75, 3.05) is 13.1 Å². The highest BCUT2D eigenvalue weighted by molar-refractivity contribution is 5.94. The van der Waals surface area contributed by atoms with E-state index in [1.807, 2.05) is 0 Å². The predicted octanol–water partition coefficient (Wildman–Crippen LogP) is 3.15. The fraction of sp³-hybridized carbons (Fsp3) is 0.316. The van der Waals surface area contributed by atoms with Gasteiger partial charge in [-0.2, -0.15) is 0 Å². The molecule has 1 aliphatic heterocycles. The van der Waals surface area contributed by atoms with Crippen LogP contribution in [0.5, 0.6) is 0 Å². The summed E-state index contributed by atoms with van der Waals surface area (Å²) < 4.78 is 26.3. The van der Waals surface area contributed by atoms with E-state index < -0.39 is 17.6 Å². The van der Waals surface area contributed by atoms with Gasteiger partial charge in [0.1, 0.15) is 11.4 Å². The van der Waals surface area contributed by atoms with Crippen LogP contribution in [-0.2, 0) is 6.42 Å². The van der Waals surface area contributed by atoms with Crippen LogP contribution in [0.25, 0.3) is 0 Å². The van der Waals surface area contributed by atoms with Crippen molar-refractivity contribution >= 4 is 11.9 Å². The van der Waals surface area contributed by atoms with Crippen LogP contribution in [0.1, 0.15) is 39.4 Å². The molecule has 1 saturated heterocycles. The summed E-state index contributed by atoms with van der Waals surface area (Å²) >= 11 is 0. The third kappa shape index (κ3) is 4.04. The Morgan fingerprint density at radius 2 is 1.77 bits per heavy atom. The van der Waals surface area contributed by atoms with Crippen LogP contribution >= 0.6 is 0 Å². The van der Waals surface area contributed by atoms with E-state index in [-0.39, 0.29) is 23.2 Å². The number of benzene rings is 1. The Morgan fingerprint density at radius 3 is 2.42 bits per heavy atom. The average molecular weight is 360 g/mol. The van der Waals surface area contributed by atoms with Crippen molar-refractivity contribution in [3.8, 4) is 0 Å². The Hall–Kier alpha value is -2.83. The lowest BCUT2D eigenvalue weighted by Gasteiger charge is -2.32. The minimum atomic E-state index is -1.18. The van der Waals surface area contributed by atoms with E-state index in [1.165, 1.54) is 24.3 Å². The quantitative estimate of drug-likeness (QED) is 0.909. The normalized spacial score (nSPS) is 15.1. The summed E-state index contributed by atoms with van der Waals surface area (Å²) in [5, 5.41) is 8.98. The van der Waals surface area contributed by atoms with Crippen LogP contribution in [0.15, 0.2) is 36.4 Å². The molecule has 3 rings (SSSR count). The molecule has 1 amide bonds. The molecular weight excluding hydrogens is 342 g/mol. The van der Waals surface area contributed by atoms with Crippen LogP contribution in [0.3, 0.4) is 0 Å². The lowest BCUT2D eigenvalue weighted by atomic mass is 9.90. The molecule has 1 N–H and O–H groups in total. The highest BCUT2D eigenvalue weighted by Crippen LogP contribution is 2.23. The molecule has 2 heterocycles. The van der Waals surface area contributed by atoms with Gasteiger partial charge in [-0.25, -0.2) is 18.6 Å². The Morgan fingerprint density at radius 1 is 1.08 bits per heavy atom. The summed E-state index contributed by atoms with van der Waals surface area (Å²) in [4.78, 5) is 29.0. The van der Waals surface area contributed by atoms with Gasteiger partial charge in [-0.15, -0.1) is 0 Å². The summed E-state index contributed by atoms with van der Waals surface area (Å²) in [7, 11) is 0. The third-order valence-electron chi connectivity index (χ3n) is 4.60. The zero-order chi connectivity index (χ0) is 18.7. The third-order valence-corrected chi connectivity index (χ3v) is 4.60. The number of hydrogen-bond acceptors (Lipinski definition) is 3. The van der Waals surface area contributed by atoms with Crippen molar-refractivity contribution in [3.05, 3.63) is 65.0 Å². The van der Waals surface area contributed by atoms with Gasteiger partial charge in [0, 0.05) is 13.1 Å². The molecule has 0 bridgehead atoms. The van der Waals surface area contributed by atoms with E-state index in [2.05, 4.69) is 4.98 Å². The fourth-order valence-corrected chi connectivity index (χ4v) is 3.18. The number of carbonyl (C=O) groups is 2. The summed E-state index contributed by atoms with van der Waals surface area (Å²) in [5.41, 5.74) is 0.692. The first kappa shape index (κ1) is 18.0. The van der Waals surface area contributed by atoms with Gasteiger partial charge in [0.25, 0.3) is 5.91 Å².